The zero-order chi connectivity index (χ0) is 9.72. The maximum Gasteiger partial charge on any atom is 0.0388 e. The van der Waals surface area contributed by atoms with Crippen molar-refractivity contribution >= 4 is 10.8 Å². The lowest BCUT2D eigenvalue weighted by Gasteiger charge is -2.17. The first-order valence-electron chi connectivity index (χ1n) is 4.53. The number of hydrogen-bond donors (Lipinski definition) is 1. The van der Waals surface area contributed by atoms with Gasteiger partial charge in [-0.25, -0.2) is 0 Å². The van der Waals surface area contributed by atoms with Crippen LogP contribution >= 0.6 is 0 Å². The normalized spacial score (nSPS) is 19.2. The van der Waals surface area contributed by atoms with Gasteiger partial charge in [-0.3, -0.25) is 4.21 Å². The Kier molecular flexibility index (Phi) is 5.76. The predicted molar refractivity (Wildman–Crippen MR) is 55.8 cm³/mol. The molecule has 0 aromatic carbocycles. The zero-order valence-corrected chi connectivity index (χ0v) is 9.57. The lowest BCUT2D eigenvalue weighted by molar-refractivity contribution is 0.593. The molecule has 0 spiro atoms. The molecule has 74 valence electrons. The van der Waals surface area contributed by atoms with Crippen LogP contribution in [0.15, 0.2) is 0 Å². The van der Waals surface area contributed by atoms with Crippen molar-refractivity contribution in [3.05, 3.63) is 0 Å². The number of rotatable bonds is 5. The van der Waals surface area contributed by atoms with Gasteiger partial charge in [-0.05, 0) is 19.9 Å². The van der Waals surface area contributed by atoms with E-state index < -0.39 is 10.8 Å². The molecule has 0 aromatic rings. The maximum atomic E-state index is 11.6. The zero-order valence-electron chi connectivity index (χ0n) is 8.76. The molecular weight excluding hydrogens is 170 g/mol. The van der Waals surface area contributed by atoms with Crippen LogP contribution in [0.4, 0.5) is 0 Å². The third-order valence-corrected chi connectivity index (χ3v) is 4.46. The van der Waals surface area contributed by atoms with Gasteiger partial charge in [0.05, 0.1) is 0 Å². The molecule has 0 fully saturated rings. The van der Waals surface area contributed by atoms with E-state index in [-0.39, 0.29) is 0 Å². The second kappa shape index (κ2) is 5.70. The van der Waals surface area contributed by atoms with Crippen LogP contribution in [0.1, 0.15) is 27.7 Å². The molecule has 0 heterocycles. The molecule has 0 saturated carbocycles. The molecule has 0 amide bonds. The van der Waals surface area contributed by atoms with Crippen LogP contribution in [-0.4, -0.2) is 28.3 Å². The van der Waals surface area contributed by atoms with Crippen molar-refractivity contribution in [2.24, 2.45) is 5.92 Å². The molecule has 0 aromatic heterocycles. The Morgan fingerprint density at radius 3 is 2.08 bits per heavy atom. The molecule has 0 saturated heterocycles. The van der Waals surface area contributed by atoms with Gasteiger partial charge in [0.25, 0.3) is 0 Å². The van der Waals surface area contributed by atoms with E-state index in [1.165, 1.54) is 0 Å². The third kappa shape index (κ3) is 4.21. The van der Waals surface area contributed by atoms with Gasteiger partial charge < -0.3 is 5.32 Å². The van der Waals surface area contributed by atoms with Gasteiger partial charge in [0, 0.05) is 27.8 Å². The molecule has 0 aliphatic carbocycles. The second-order valence-corrected chi connectivity index (χ2v) is 5.52. The second-order valence-electron chi connectivity index (χ2n) is 3.69. The highest BCUT2D eigenvalue weighted by Gasteiger charge is 2.16. The molecule has 0 aliphatic rings. The summed E-state index contributed by atoms with van der Waals surface area (Å²) in [7, 11) is 1.22. The molecule has 0 bridgehead atoms. The maximum absolute atomic E-state index is 11.6. The van der Waals surface area contributed by atoms with Crippen LogP contribution < -0.4 is 5.32 Å². The quantitative estimate of drug-likeness (QED) is 0.711. The van der Waals surface area contributed by atoms with Crippen molar-refractivity contribution in [3.63, 3.8) is 0 Å². The highest BCUT2D eigenvalue weighted by atomic mass is 32.2. The highest BCUT2D eigenvalue weighted by molar-refractivity contribution is 7.85. The van der Waals surface area contributed by atoms with Crippen LogP contribution in [0, 0.1) is 5.92 Å². The Hall–Kier alpha value is 0.110. The minimum absolute atomic E-state index is 0.306. The fourth-order valence-corrected chi connectivity index (χ4v) is 2.36. The van der Waals surface area contributed by atoms with Crippen molar-refractivity contribution in [3.8, 4) is 0 Å². The lowest BCUT2D eigenvalue weighted by Crippen LogP contribution is -2.32. The smallest absolute Gasteiger partial charge is 0.0388 e. The molecule has 2 nitrogen and oxygen atoms in total. The molecule has 0 rings (SSSR count). The average molecular weight is 191 g/mol. The largest absolute Gasteiger partial charge is 0.316 e. The van der Waals surface area contributed by atoms with E-state index in [1.54, 1.807) is 0 Å². The van der Waals surface area contributed by atoms with Crippen molar-refractivity contribution < 1.29 is 4.21 Å². The molecule has 3 atom stereocenters. The summed E-state index contributed by atoms with van der Waals surface area (Å²) in [4.78, 5) is 0. The van der Waals surface area contributed by atoms with E-state index in [1.807, 2.05) is 7.05 Å². The van der Waals surface area contributed by atoms with Crippen LogP contribution in [0.5, 0.6) is 0 Å². The standard InChI is InChI=1S/C9H21NOS/c1-7(2)9(4)12(11)6-8(3)10-5/h7-10H,6H2,1-5H3. The Morgan fingerprint density at radius 2 is 1.75 bits per heavy atom. The minimum Gasteiger partial charge on any atom is -0.316 e. The monoisotopic (exact) mass is 191 g/mol. The average Bonchev–Trinajstić information content (AvgIpc) is 2.02. The molecule has 3 unspecified atom stereocenters. The summed E-state index contributed by atoms with van der Waals surface area (Å²) in [6.45, 7) is 8.35. The molecule has 3 heteroatoms. The summed E-state index contributed by atoms with van der Waals surface area (Å²) >= 11 is 0. The Balaban J connectivity index is 3.87. The first-order chi connectivity index (χ1) is 5.49. The Labute approximate surface area is 78.6 Å². The predicted octanol–water partition coefficient (Wildman–Crippen LogP) is 1.39. The highest BCUT2D eigenvalue weighted by Crippen LogP contribution is 2.09. The third-order valence-electron chi connectivity index (χ3n) is 2.26. The van der Waals surface area contributed by atoms with Crippen molar-refractivity contribution in [2.75, 3.05) is 12.8 Å². The van der Waals surface area contributed by atoms with Crippen LogP contribution in [0.2, 0.25) is 0 Å². The van der Waals surface area contributed by atoms with Crippen LogP contribution in [-0.2, 0) is 10.8 Å². The van der Waals surface area contributed by atoms with Gasteiger partial charge in [0.1, 0.15) is 0 Å². The fourth-order valence-electron chi connectivity index (χ4n) is 0.785. The van der Waals surface area contributed by atoms with E-state index >= 15 is 0 Å². The van der Waals surface area contributed by atoms with Gasteiger partial charge in [0.15, 0.2) is 0 Å². The van der Waals surface area contributed by atoms with Crippen molar-refractivity contribution in [2.45, 2.75) is 39.0 Å². The van der Waals surface area contributed by atoms with Gasteiger partial charge >= 0.3 is 0 Å². The summed E-state index contributed by atoms with van der Waals surface area (Å²) in [5, 5.41) is 3.40. The first-order valence-corrected chi connectivity index (χ1v) is 5.91. The summed E-state index contributed by atoms with van der Waals surface area (Å²) in [6.07, 6.45) is 0. The van der Waals surface area contributed by atoms with Gasteiger partial charge in [-0.1, -0.05) is 20.8 Å². The van der Waals surface area contributed by atoms with E-state index in [0.29, 0.717) is 17.2 Å². The molecule has 0 radical (unpaired) electrons. The summed E-state index contributed by atoms with van der Waals surface area (Å²) in [5.41, 5.74) is 0. The lowest BCUT2D eigenvalue weighted by atomic mass is 10.2. The van der Waals surface area contributed by atoms with E-state index in [0.717, 1.165) is 5.75 Å². The molecule has 0 aliphatic heterocycles. The van der Waals surface area contributed by atoms with Crippen molar-refractivity contribution in [1.29, 1.82) is 0 Å². The van der Waals surface area contributed by atoms with E-state index in [4.69, 9.17) is 0 Å². The number of hydrogen-bond acceptors (Lipinski definition) is 2. The van der Waals surface area contributed by atoms with Crippen LogP contribution in [0.25, 0.3) is 0 Å². The summed E-state index contributed by atoms with van der Waals surface area (Å²) in [5.74, 6) is 1.27. The summed E-state index contributed by atoms with van der Waals surface area (Å²) < 4.78 is 11.6. The van der Waals surface area contributed by atoms with Crippen LogP contribution in [0.3, 0.4) is 0 Å². The Bertz CT molecular complexity index is 147. The SMILES string of the molecule is CNC(C)CS(=O)C(C)C(C)C. The summed E-state index contributed by atoms with van der Waals surface area (Å²) in [6, 6.07) is 0.354. The fraction of sp³-hybridized carbons (Fsp3) is 1.00. The molecule has 12 heavy (non-hydrogen) atoms. The van der Waals surface area contributed by atoms with Gasteiger partial charge in [-0.15, -0.1) is 0 Å². The first kappa shape index (κ1) is 12.1. The van der Waals surface area contributed by atoms with Gasteiger partial charge in [0.2, 0.25) is 0 Å². The van der Waals surface area contributed by atoms with E-state index in [9.17, 15) is 4.21 Å². The number of nitrogens with one attached hydrogen (secondary N) is 1. The molecular formula is C9H21NOS. The van der Waals surface area contributed by atoms with Gasteiger partial charge in [-0.2, -0.15) is 0 Å². The Morgan fingerprint density at radius 1 is 1.25 bits per heavy atom. The van der Waals surface area contributed by atoms with E-state index in [2.05, 4.69) is 33.0 Å². The minimum atomic E-state index is -0.687. The topological polar surface area (TPSA) is 29.1 Å². The van der Waals surface area contributed by atoms with Crippen molar-refractivity contribution in [1.82, 2.24) is 5.32 Å². The molecule has 1 N–H and O–H groups in total.